The normalized spacial score (nSPS) is 11.6. The molecular formula is C16H25N3O5S. The van der Waals surface area contributed by atoms with E-state index >= 15 is 0 Å². The lowest BCUT2D eigenvalue weighted by atomic mass is 10.2. The molecule has 0 saturated carbocycles. The summed E-state index contributed by atoms with van der Waals surface area (Å²) in [6, 6.07) is 5.73. The maximum atomic E-state index is 12.2. The van der Waals surface area contributed by atoms with Crippen LogP contribution in [0.15, 0.2) is 29.2 Å². The van der Waals surface area contributed by atoms with Gasteiger partial charge in [-0.1, -0.05) is 19.9 Å². The van der Waals surface area contributed by atoms with Crippen molar-refractivity contribution in [3.05, 3.63) is 24.3 Å². The van der Waals surface area contributed by atoms with Gasteiger partial charge in [-0.15, -0.1) is 0 Å². The predicted molar refractivity (Wildman–Crippen MR) is 94.4 cm³/mol. The number of amides is 1. The maximum absolute atomic E-state index is 12.2. The Morgan fingerprint density at radius 1 is 1.32 bits per heavy atom. The van der Waals surface area contributed by atoms with E-state index in [1.54, 1.807) is 6.07 Å². The van der Waals surface area contributed by atoms with Crippen molar-refractivity contribution in [2.45, 2.75) is 25.2 Å². The number of rotatable bonds is 9. The first-order chi connectivity index (χ1) is 11.6. The zero-order valence-electron chi connectivity index (χ0n) is 14.7. The number of carbonyl (C=O) groups is 2. The van der Waals surface area contributed by atoms with Gasteiger partial charge in [0.1, 0.15) is 0 Å². The van der Waals surface area contributed by atoms with Gasteiger partial charge in [0.05, 0.1) is 25.0 Å². The van der Waals surface area contributed by atoms with Crippen molar-refractivity contribution in [2.24, 2.45) is 11.1 Å². The van der Waals surface area contributed by atoms with Crippen molar-refractivity contribution in [3.63, 3.8) is 0 Å². The van der Waals surface area contributed by atoms with E-state index in [0.29, 0.717) is 24.7 Å². The van der Waals surface area contributed by atoms with Crippen molar-refractivity contribution in [1.82, 2.24) is 4.90 Å². The first-order valence-electron chi connectivity index (χ1n) is 7.83. The number of nitrogens with two attached hydrogens (primary N) is 1. The molecule has 0 spiro atoms. The van der Waals surface area contributed by atoms with E-state index in [1.807, 2.05) is 18.7 Å². The lowest BCUT2D eigenvalue weighted by Crippen LogP contribution is -2.37. The van der Waals surface area contributed by atoms with Crippen molar-refractivity contribution in [1.29, 1.82) is 0 Å². The zero-order valence-corrected chi connectivity index (χ0v) is 15.5. The van der Waals surface area contributed by atoms with Crippen molar-refractivity contribution >= 4 is 27.6 Å². The van der Waals surface area contributed by atoms with Crippen LogP contribution in [0.4, 0.5) is 5.69 Å². The van der Waals surface area contributed by atoms with Gasteiger partial charge >= 0.3 is 5.97 Å². The number of carbonyl (C=O) groups excluding carboxylic acids is 2. The van der Waals surface area contributed by atoms with Crippen LogP contribution in [-0.4, -0.2) is 51.9 Å². The summed E-state index contributed by atoms with van der Waals surface area (Å²) in [6.45, 7) is 5.14. The molecule has 0 radical (unpaired) electrons. The van der Waals surface area contributed by atoms with Gasteiger partial charge in [-0.3, -0.25) is 14.5 Å². The molecule has 0 aliphatic rings. The molecule has 0 unspecified atom stereocenters. The molecule has 1 rings (SSSR count). The van der Waals surface area contributed by atoms with Crippen molar-refractivity contribution in [3.8, 4) is 0 Å². The highest BCUT2D eigenvalue weighted by atomic mass is 32.2. The van der Waals surface area contributed by atoms with Crippen molar-refractivity contribution in [2.75, 3.05) is 32.1 Å². The molecule has 0 atom stereocenters. The smallest absolute Gasteiger partial charge is 0.306 e. The number of ether oxygens (including phenoxy) is 1. The molecule has 140 valence electrons. The summed E-state index contributed by atoms with van der Waals surface area (Å²) in [7, 11) is -2.51. The Balaban J connectivity index is 2.72. The first-order valence-corrected chi connectivity index (χ1v) is 9.38. The van der Waals surface area contributed by atoms with E-state index < -0.39 is 10.0 Å². The fraction of sp³-hybridized carbons (Fsp3) is 0.500. The highest BCUT2D eigenvalue weighted by Crippen LogP contribution is 2.14. The van der Waals surface area contributed by atoms with Gasteiger partial charge in [0.15, 0.2) is 0 Å². The van der Waals surface area contributed by atoms with Crippen molar-refractivity contribution < 1.29 is 22.7 Å². The van der Waals surface area contributed by atoms with Gasteiger partial charge in [-0.2, -0.15) is 0 Å². The second-order valence-corrected chi connectivity index (χ2v) is 7.64. The van der Waals surface area contributed by atoms with Crippen LogP contribution in [0.2, 0.25) is 0 Å². The predicted octanol–water partition coefficient (Wildman–Crippen LogP) is 0.794. The highest BCUT2D eigenvalue weighted by molar-refractivity contribution is 7.89. The third-order valence-electron chi connectivity index (χ3n) is 3.30. The van der Waals surface area contributed by atoms with E-state index in [4.69, 9.17) is 5.14 Å². The minimum absolute atomic E-state index is 0.0740. The second-order valence-electron chi connectivity index (χ2n) is 6.08. The van der Waals surface area contributed by atoms with E-state index in [1.165, 1.54) is 25.3 Å². The largest absolute Gasteiger partial charge is 0.469 e. The lowest BCUT2D eigenvalue weighted by Gasteiger charge is -2.23. The summed E-state index contributed by atoms with van der Waals surface area (Å²) >= 11 is 0. The molecule has 1 aromatic rings. The number of hydrogen-bond donors (Lipinski definition) is 2. The molecule has 0 aliphatic carbocycles. The van der Waals surface area contributed by atoms with Gasteiger partial charge in [0.2, 0.25) is 15.9 Å². The average molecular weight is 371 g/mol. The lowest BCUT2D eigenvalue weighted by molar-refractivity contribution is -0.141. The summed E-state index contributed by atoms with van der Waals surface area (Å²) in [5.41, 5.74) is 0.342. The molecule has 0 aromatic heterocycles. The molecule has 1 aromatic carbocycles. The minimum atomic E-state index is -3.83. The van der Waals surface area contributed by atoms with E-state index in [0.717, 1.165) is 0 Å². The fourth-order valence-electron chi connectivity index (χ4n) is 2.26. The van der Waals surface area contributed by atoms with Gasteiger partial charge in [-0.25, -0.2) is 13.6 Å². The number of anilines is 1. The molecule has 3 N–H and O–H groups in total. The number of esters is 1. The van der Waals surface area contributed by atoms with Crippen LogP contribution in [0.1, 0.15) is 20.3 Å². The zero-order chi connectivity index (χ0) is 19.0. The maximum Gasteiger partial charge on any atom is 0.306 e. The molecule has 1 amide bonds. The number of benzene rings is 1. The molecule has 9 heteroatoms. The third kappa shape index (κ3) is 8.10. The molecule has 0 saturated heterocycles. The molecule has 25 heavy (non-hydrogen) atoms. The number of sulfonamides is 1. The number of primary sulfonamides is 1. The van der Waals surface area contributed by atoms with E-state index in [2.05, 4.69) is 10.1 Å². The Bertz CT molecular complexity index is 703. The van der Waals surface area contributed by atoms with Crippen LogP contribution >= 0.6 is 0 Å². The van der Waals surface area contributed by atoms with E-state index in [9.17, 15) is 18.0 Å². The minimum Gasteiger partial charge on any atom is -0.469 e. The fourth-order valence-corrected chi connectivity index (χ4v) is 2.82. The summed E-state index contributed by atoms with van der Waals surface area (Å²) < 4.78 is 27.3. The number of nitrogens with one attached hydrogen (secondary N) is 1. The van der Waals surface area contributed by atoms with Crippen LogP contribution in [-0.2, 0) is 24.3 Å². The number of methoxy groups -OCH3 is 1. The quantitative estimate of drug-likeness (QED) is 0.620. The molecule has 8 nitrogen and oxygen atoms in total. The molecule has 0 aliphatic heterocycles. The SMILES string of the molecule is COC(=O)CCN(CC(=O)Nc1cccc(S(N)(=O)=O)c1)CC(C)C. The van der Waals surface area contributed by atoms with Gasteiger partial charge in [-0.05, 0) is 24.1 Å². The van der Waals surface area contributed by atoms with Crippen LogP contribution in [0, 0.1) is 5.92 Å². The monoisotopic (exact) mass is 371 g/mol. The summed E-state index contributed by atoms with van der Waals surface area (Å²) in [5.74, 6) is -0.330. The summed E-state index contributed by atoms with van der Waals surface area (Å²) in [5, 5.41) is 7.72. The molecule has 0 bridgehead atoms. The number of hydrogen-bond acceptors (Lipinski definition) is 6. The molecule has 0 heterocycles. The van der Waals surface area contributed by atoms with Gasteiger partial charge in [0.25, 0.3) is 0 Å². The third-order valence-corrected chi connectivity index (χ3v) is 4.21. The molecular weight excluding hydrogens is 346 g/mol. The topological polar surface area (TPSA) is 119 Å². The van der Waals surface area contributed by atoms with Crippen LogP contribution < -0.4 is 10.5 Å². The van der Waals surface area contributed by atoms with E-state index in [-0.39, 0.29) is 29.7 Å². The standard InChI is InChI=1S/C16H25N3O5S/c1-12(2)10-19(8-7-16(21)24-3)11-15(20)18-13-5-4-6-14(9-13)25(17,22)23/h4-6,9,12H,7-8,10-11H2,1-3H3,(H,18,20)(H2,17,22,23). The van der Waals surface area contributed by atoms with Gasteiger partial charge in [0, 0.05) is 18.8 Å². The number of nitrogens with zero attached hydrogens (tertiary/aromatic N) is 1. The van der Waals surface area contributed by atoms with Crippen LogP contribution in [0.5, 0.6) is 0 Å². The van der Waals surface area contributed by atoms with Crippen LogP contribution in [0.25, 0.3) is 0 Å². The Labute approximate surface area is 148 Å². The summed E-state index contributed by atoms with van der Waals surface area (Å²) in [6.07, 6.45) is 0.192. The first kappa shape index (κ1) is 21.1. The van der Waals surface area contributed by atoms with Gasteiger partial charge < -0.3 is 10.1 Å². The second kappa shape index (κ2) is 9.50. The Kier molecular flexibility index (Phi) is 8.01. The van der Waals surface area contributed by atoms with Crippen LogP contribution in [0.3, 0.4) is 0 Å². The Morgan fingerprint density at radius 2 is 2.00 bits per heavy atom. The highest BCUT2D eigenvalue weighted by Gasteiger charge is 2.15. The summed E-state index contributed by atoms with van der Waals surface area (Å²) in [4.78, 5) is 25.3. The average Bonchev–Trinajstić information content (AvgIpc) is 2.51. The Morgan fingerprint density at radius 3 is 2.56 bits per heavy atom. The Hall–Kier alpha value is -1.97. The molecule has 0 fully saturated rings.